The van der Waals surface area contributed by atoms with Gasteiger partial charge in [-0.05, 0) is 0 Å². The summed E-state index contributed by atoms with van der Waals surface area (Å²) >= 11 is 0. The first kappa shape index (κ1) is 8.93. The number of nitrogens with one attached hydrogen (secondary N) is 1. The smallest absolute Gasteiger partial charge is 0.228 e. The number of amides is 1. The summed E-state index contributed by atoms with van der Waals surface area (Å²) in [5, 5.41) is 21.5. The molecule has 1 amide bonds. The van der Waals surface area contributed by atoms with Gasteiger partial charge in [0, 0.05) is 26.2 Å². The quantitative estimate of drug-likeness (QED) is 0.433. The molecule has 0 radical (unpaired) electrons. The van der Waals surface area contributed by atoms with Gasteiger partial charge in [-0.3, -0.25) is 4.79 Å². The zero-order valence-electron chi connectivity index (χ0n) is 7.31. The van der Waals surface area contributed by atoms with Gasteiger partial charge in [-0.1, -0.05) is 0 Å². The first-order chi connectivity index (χ1) is 6.18. The van der Waals surface area contributed by atoms with E-state index >= 15 is 0 Å². The largest absolute Gasteiger partial charge is 0.388 e. The van der Waals surface area contributed by atoms with Crippen molar-refractivity contribution in [2.45, 2.75) is 12.2 Å². The van der Waals surface area contributed by atoms with Crippen LogP contribution in [0.4, 0.5) is 0 Å². The molecule has 0 aromatic rings. The van der Waals surface area contributed by atoms with E-state index in [2.05, 4.69) is 5.32 Å². The molecular formula is C8H14N2O3. The molecule has 0 saturated carbocycles. The first-order valence-corrected chi connectivity index (χ1v) is 4.54. The van der Waals surface area contributed by atoms with Gasteiger partial charge in [-0.2, -0.15) is 0 Å². The highest BCUT2D eigenvalue weighted by atomic mass is 16.3. The number of nitrogens with zero attached hydrogens (tertiary/aromatic N) is 1. The number of carbonyl (C=O) groups excluding carboxylic acids is 1. The normalized spacial score (nSPS) is 34.8. The third-order valence-electron chi connectivity index (χ3n) is 2.70. The number of aliphatic hydroxyl groups excluding tert-OH is 2. The lowest BCUT2D eigenvalue weighted by Gasteiger charge is -2.29. The van der Waals surface area contributed by atoms with Crippen LogP contribution in [0.2, 0.25) is 0 Å². The summed E-state index contributed by atoms with van der Waals surface area (Å²) in [5.41, 5.74) is 0. The molecule has 0 aliphatic carbocycles. The van der Waals surface area contributed by atoms with Gasteiger partial charge in [0.1, 0.15) is 0 Å². The molecule has 5 heteroatoms. The van der Waals surface area contributed by atoms with E-state index in [9.17, 15) is 15.0 Å². The van der Waals surface area contributed by atoms with Crippen LogP contribution >= 0.6 is 0 Å². The van der Waals surface area contributed by atoms with Crippen molar-refractivity contribution in [1.29, 1.82) is 0 Å². The minimum Gasteiger partial charge on any atom is -0.388 e. The van der Waals surface area contributed by atoms with Gasteiger partial charge < -0.3 is 20.4 Å². The van der Waals surface area contributed by atoms with Crippen LogP contribution in [-0.4, -0.2) is 59.4 Å². The predicted molar refractivity (Wildman–Crippen MR) is 45.0 cm³/mol. The average molecular weight is 186 g/mol. The van der Waals surface area contributed by atoms with Crippen LogP contribution in [0.1, 0.15) is 0 Å². The lowest BCUT2D eigenvalue weighted by Crippen LogP contribution is -2.51. The molecule has 74 valence electrons. The second-order valence-corrected chi connectivity index (χ2v) is 3.73. The lowest BCUT2D eigenvalue weighted by molar-refractivity contribution is -0.136. The van der Waals surface area contributed by atoms with E-state index in [4.69, 9.17) is 0 Å². The zero-order valence-corrected chi connectivity index (χ0v) is 7.31. The van der Waals surface area contributed by atoms with Crippen molar-refractivity contribution in [3.05, 3.63) is 0 Å². The van der Waals surface area contributed by atoms with Crippen LogP contribution in [0, 0.1) is 5.92 Å². The SMILES string of the molecule is O=C(C1CNC1)N1C[C@@H](O)[C@@H](O)C1. The highest BCUT2D eigenvalue weighted by Gasteiger charge is 2.37. The highest BCUT2D eigenvalue weighted by molar-refractivity contribution is 5.80. The van der Waals surface area contributed by atoms with E-state index in [1.54, 1.807) is 4.90 Å². The van der Waals surface area contributed by atoms with Crippen LogP contribution in [-0.2, 0) is 4.79 Å². The molecular weight excluding hydrogens is 172 g/mol. The van der Waals surface area contributed by atoms with E-state index in [1.807, 2.05) is 0 Å². The molecule has 3 N–H and O–H groups in total. The summed E-state index contributed by atoms with van der Waals surface area (Å²) in [6.07, 6.45) is -1.53. The van der Waals surface area contributed by atoms with E-state index in [1.165, 1.54) is 0 Å². The monoisotopic (exact) mass is 186 g/mol. The molecule has 0 unspecified atom stereocenters. The highest BCUT2D eigenvalue weighted by Crippen LogP contribution is 2.15. The molecule has 2 atom stereocenters. The van der Waals surface area contributed by atoms with Crippen molar-refractivity contribution in [2.24, 2.45) is 5.92 Å². The Labute approximate surface area is 76.3 Å². The molecule has 0 spiro atoms. The van der Waals surface area contributed by atoms with Crippen LogP contribution < -0.4 is 5.32 Å². The van der Waals surface area contributed by atoms with E-state index in [0.29, 0.717) is 0 Å². The maximum Gasteiger partial charge on any atom is 0.228 e. The number of rotatable bonds is 1. The molecule has 2 aliphatic heterocycles. The molecule has 5 nitrogen and oxygen atoms in total. The number of carbonyl (C=O) groups is 1. The fraction of sp³-hybridized carbons (Fsp3) is 0.875. The van der Waals surface area contributed by atoms with Crippen molar-refractivity contribution in [2.75, 3.05) is 26.2 Å². The van der Waals surface area contributed by atoms with E-state index in [-0.39, 0.29) is 24.9 Å². The Bertz CT molecular complexity index is 207. The van der Waals surface area contributed by atoms with Gasteiger partial charge in [0.25, 0.3) is 0 Å². The Morgan fingerprint density at radius 2 is 1.77 bits per heavy atom. The summed E-state index contributed by atoms with van der Waals surface area (Å²) < 4.78 is 0. The summed E-state index contributed by atoms with van der Waals surface area (Å²) in [4.78, 5) is 13.1. The third-order valence-corrected chi connectivity index (χ3v) is 2.70. The Morgan fingerprint density at radius 3 is 2.15 bits per heavy atom. The van der Waals surface area contributed by atoms with Gasteiger partial charge in [-0.25, -0.2) is 0 Å². The number of likely N-dealkylation sites (tertiary alicyclic amines) is 1. The number of hydrogen-bond acceptors (Lipinski definition) is 4. The zero-order chi connectivity index (χ0) is 9.42. The van der Waals surface area contributed by atoms with E-state index in [0.717, 1.165) is 13.1 Å². The molecule has 2 rings (SSSR count). The number of β-amino-alcohol motifs (C(OH)–C–C–N with tert-alkyl or cyclic N) is 2. The fourth-order valence-corrected chi connectivity index (χ4v) is 1.67. The molecule has 0 aromatic heterocycles. The summed E-state index contributed by atoms with van der Waals surface area (Å²) in [7, 11) is 0. The van der Waals surface area contributed by atoms with E-state index < -0.39 is 12.2 Å². The minimum atomic E-state index is -0.767. The molecule has 2 saturated heterocycles. The Hall–Kier alpha value is -0.650. The van der Waals surface area contributed by atoms with Crippen molar-refractivity contribution in [1.82, 2.24) is 10.2 Å². The Morgan fingerprint density at radius 1 is 1.23 bits per heavy atom. The third kappa shape index (κ3) is 1.54. The number of aliphatic hydroxyl groups is 2. The van der Waals surface area contributed by atoms with Gasteiger partial charge >= 0.3 is 0 Å². The first-order valence-electron chi connectivity index (χ1n) is 4.54. The Balaban J connectivity index is 1.91. The average Bonchev–Trinajstić information content (AvgIpc) is 2.28. The molecule has 13 heavy (non-hydrogen) atoms. The van der Waals surface area contributed by atoms with Gasteiger partial charge in [0.2, 0.25) is 5.91 Å². The van der Waals surface area contributed by atoms with Gasteiger partial charge in [0.15, 0.2) is 0 Å². The van der Waals surface area contributed by atoms with Crippen LogP contribution in [0.25, 0.3) is 0 Å². The molecule has 2 fully saturated rings. The van der Waals surface area contributed by atoms with Crippen molar-refractivity contribution in [3.63, 3.8) is 0 Å². The maximum absolute atomic E-state index is 11.6. The van der Waals surface area contributed by atoms with Crippen LogP contribution in [0.3, 0.4) is 0 Å². The van der Waals surface area contributed by atoms with Gasteiger partial charge in [-0.15, -0.1) is 0 Å². The molecule has 0 aromatic carbocycles. The summed E-state index contributed by atoms with van der Waals surface area (Å²) in [6, 6.07) is 0. The second-order valence-electron chi connectivity index (χ2n) is 3.73. The molecule has 0 bridgehead atoms. The minimum absolute atomic E-state index is 0.0503. The number of hydrogen-bond donors (Lipinski definition) is 3. The molecule has 2 heterocycles. The topological polar surface area (TPSA) is 72.8 Å². The standard InChI is InChI=1S/C8H14N2O3/c11-6-3-10(4-7(6)12)8(13)5-1-9-2-5/h5-7,9,11-12H,1-4H2/t6-,7+. The van der Waals surface area contributed by atoms with Crippen molar-refractivity contribution < 1.29 is 15.0 Å². The van der Waals surface area contributed by atoms with Crippen LogP contribution in [0.15, 0.2) is 0 Å². The fourth-order valence-electron chi connectivity index (χ4n) is 1.67. The van der Waals surface area contributed by atoms with Gasteiger partial charge in [0.05, 0.1) is 18.1 Å². The second kappa shape index (κ2) is 3.25. The van der Waals surface area contributed by atoms with Crippen LogP contribution in [0.5, 0.6) is 0 Å². The van der Waals surface area contributed by atoms with Crippen molar-refractivity contribution >= 4 is 5.91 Å². The maximum atomic E-state index is 11.6. The Kier molecular flexibility index (Phi) is 2.23. The predicted octanol–water partition coefficient (Wildman–Crippen LogP) is -2.23. The summed E-state index contributed by atoms with van der Waals surface area (Å²) in [6.45, 7) is 2.00. The van der Waals surface area contributed by atoms with Crippen molar-refractivity contribution in [3.8, 4) is 0 Å². The lowest BCUT2D eigenvalue weighted by atomic mass is 10.0. The molecule has 2 aliphatic rings. The summed E-state index contributed by atoms with van der Waals surface area (Å²) in [5.74, 6) is 0.104.